The minimum Gasteiger partial charge on any atom is -0.461 e. The SMILES string of the molecule is CC(=O)N1C(C)(C)CC(CCOC(=O)C=Nc2nc(N=CC(=O)OCCC3CC(C)(C)N(C(C)=O)C(C)(C)C3)nc(NC(C)(C)CC(C)(C)C)n2)CC1(C)C. The molecule has 2 aliphatic heterocycles. The van der Waals surface area contributed by atoms with Crippen LogP contribution >= 0.6 is 0 Å². The molecule has 1 aromatic rings. The summed E-state index contributed by atoms with van der Waals surface area (Å²) in [6.07, 6.45) is 7.38. The Balaban J connectivity index is 1.67. The Morgan fingerprint density at radius 1 is 0.673 bits per heavy atom. The summed E-state index contributed by atoms with van der Waals surface area (Å²) in [6, 6.07) is 0. The lowest BCUT2D eigenvalue weighted by molar-refractivity contribution is -0.151. The van der Waals surface area contributed by atoms with E-state index in [2.05, 4.69) is 106 Å². The number of nitrogens with zero attached hydrogens (tertiary/aromatic N) is 7. The van der Waals surface area contributed by atoms with Gasteiger partial charge in [-0.1, -0.05) is 20.8 Å². The highest BCUT2D eigenvalue weighted by atomic mass is 16.5. The number of amides is 2. The van der Waals surface area contributed by atoms with E-state index in [0.29, 0.717) is 12.8 Å². The normalized spacial score (nSPS) is 20.1. The molecule has 0 radical (unpaired) electrons. The van der Waals surface area contributed by atoms with Crippen LogP contribution in [0.2, 0.25) is 0 Å². The lowest BCUT2D eigenvalue weighted by Crippen LogP contribution is -2.62. The van der Waals surface area contributed by atoms with Crippen LogP contribution in [0, 0.1) is 17.3 Å². The third-order valence-electron chi connectivity index (χ3n) is 10.3. The summed E-state index contributed by atoms with van der Waals surface area (Å²) in [6.45, 7) is 30.7. The van der Waals surface area contributed by atoms with Crippen LogP contribution in [0.1, 0.15) is 149 Å². The van der Waals surface area contributed by atoms with Crippen molar-refractivity contribution in [3.63, 3.8) is 0 Å². The van der Waals surface area contributed by atoms with Crippen molar-refractivity contribution in [1.82, 2.24) is 24.8 Å². The summed E-state index contributed by atoms with van der Waals surface area (Å²) in [7, 11) is 0. The maximum Gasteiger partial charge on any atom is 0.349 e. The Kier molecular flexibility index (Phi) is 14.1. The molecule has 0 atom stereocenters. The van der Waals surface area contributed by atoms with Gasteiger partial charge in [-0.25, -0.2) is 19.6 Å². The van der Waals surface area contributed by atoms with E-state index in [0.717, 1.165) is 44.5 Å². The minimum absolute atomic E-state index is 0.00485. The summed E-state index contributed by atoms with van der Waals surface area (Å²) in [5.41, 5.74) is -1.65. The molecule has 0 unspecified atom stereocenters. The third-order valence-corrected chi connectivity index (χ3v) is 10.3. The lowest BCUT2D eigenvalue weighted by Gasteiger charge is -2.55. The van der Waals surface area contributed by atoms with Gasteiger partial charge in [0.15, 0.2) is 0 Å². The van der Waals surface area contributed by atoms with Gasteiger partial charge in [0.2, 0.25) is 17.8 Å². The zero-order valence-electron chi connectivity index (χ0n) is 36.3. The van der Waals surface area contributed by atoms with Gasteiger partial charge in [0.1, 0.15) is 12.4 Å². The number of carbonyl (C=O) groups excluding carboxylic acids is 4. The standard InChI is InChI=1S/C41H68N8O6/c1-27(50)48-38(8,9)20-29(21-39(48,10)11)16-18-54-31(52)24-42-33-44-34(46-35(45-33)47-37(6,7)26-36(3,4)5)43-25-32(53)55-19-17-30-22-40(12,13)49(28(2)51)41(14,15)23-30/h24-25,29-30H,16-23,26H2,1-15H3,(H,44,45,46,47). The molecule has 14 heteroatoms. The third kappa shape index (κ3) is 13.3. The average Bonchev–Trinajstić information content (AvgIpc) is 2.94. The van der Waals surface area contributed by atoms with Crippen molar-refractivity contribution in [3.05, 3.63) is 0 Å². The van der Waals surface area contributed by atoms with E-state index in [1.165, 1.54) is 0 Å². The zero-order chi connectivity index (χ0) is 41.8. The second kappa shape index (κ2) is 17.0. The van der Waals surface area contributed by atoms with E-state index in [4.69, 9.17) is 9.47 Å². The number of anilines is 1. The van der Waals surface area contributed by atoms with E-state index in [1.54, 1.807) is 13.8 Å². The highest BCUT2D eigenvalue weighted by Gasteiger charge is 2.47. The van der Waals surface area contributed by atoms with Gasteiger partial charge in [-0.15, -0.1) is 0 Å². The molecule has 2 saturated heterocycles. The molecule has 308 valence electrons. The number of aliphatic imine (C=N–C) groups is 2. The largest absolute Gasteiger partial charge is 0.461 e. The highest BCUT2D eigenvalue weighted by Crippen LogP contribution is 2.44. The van der Waals surface area contributed by atoms with Gasteiger partial charge in [0.25, 0.3) is 11.9 Å². The first-order chi connectivity index (χ1) is 25.0. The second-order valence-electron chi connectivity index (χ2n) is 19.9. The first kappa shape index (κ1) is 45.4. The van der Waals surface area contributed by atoms with Crippen molar-refractivity contribution in [2.45, 2.75) is 176 Å². The van der Waals surface area contributed by atoms with Crippen molar-refractivity contribution in [2.75, 3.05) is 18.5 Å². The summed E-state index contributed by atoms with van der Waals surface area (Å²) >= 11 is 0. The van der Waals surface area contributed by atoms with Gasteiger partial charge in [0, 0.05) is 41.5 Å². The molecule has 0 aromatic carbocycles. The summed E-state index contributed by atoms with van der Waals surface area (Å²) < 4.78 is 11.0. The number of piperidine rings is 2. The molecule has 0 aliphatic carbocycles. The fourth-order valence-corrected chi connectivity index (χ4v) is 10.2. The van der Waals surface area contributed by atoms with Gasteiger partial charge in [-0.05, 0) is 131 Å². The molecule has 55 heavy (non-hydrogen) atoms. The average molecular weight is 769 g/mol. The van der Waals surface area contributed by atoms with Crippen LogP contribution in [0.15, 0.2) is 9.98 Å². The highest BCUT2D eigenvalue weighted by molar-refractivity contribution is 6.24. The second-order valence-corrected chi connectivity index (χ2v) is 19.9. The molecule has 1 aromatic heterocycles. The van der Waals surface area contributed by atoms with E-state index in [9.17, 15) is 19.2 Å². The van der Waals surface area contributed by atoms with E-state index < -0.39 is 17.5 Å². The Hall–Kier alpha value is -3.97. The number of hydrogen-bond acceptors (Lipinski definition) is 12. The van der Waals surface area contributed by atoms with Gasteiger partial charge in [-0.3, -0.25) is 9.59 Å². The Bertz CT molecular complexity index is 1490. The van der Waals surface area contributed by atoms with Gasteiger partial charge in [0.05, 0.1) is 13.2 Å². The summed E-state index contributed by atoms with van der Waals surface area (Å²) in [5.74, 6) is -0.592. The van der Waals surface area contributed by atoms with Crippen molar-refractivity contribution in [2.24, 2.45) is 27.2 Å². The van der Waals surface area contributed by atoms with Crippen LogP contribution in [-0.4, -0.2) is 102 Å². The zero-order valence-corrected chi connectivity index (χ0v) is 36.3. The molecule has 0 spiro atoms. The first-order valence-electron chi connectivity index (χ1n) is 19.6. The number of likely N-dealkylation sites (tertiary alicyclic amines) is 2. The monoisotopic (exact) mass is 769 g/mol. The molecule has 0 saturated carbocycles. The minimum atomic E-state index is -0.643. The molecule has 14 nitrogen and oxygen atoms in total. The maximum absolute atomic E-state index is 12.7. The topological polar surface area (TPSA) is 169 Å². The van der Waals surface area contributed by atoms with E-state index in [-0.39, 0.29) is 82.3 Å². The molecular formula is C41H68N8O6. The fraction of sp³-hybridized carbons (Fsp3) is 0.780. The number of carbonyl (C=O) groups is 4. The molecule has 2 aliphatic rings. The molecule has 2 amide bonds. The van der Waals surface area contributed by atoms with Crippen molar-refractivity contribution in [1.29, 1.82) is 0 Å². The predicted octanol–water partition coefficient (Wildman–Crippen LogP) is 7.40. The molecule has 1 N–H and O–H groups in total. The van der Waals surface area contributed by atoms with Gasteiger partial charge < -0.3 is 24.6 Å². The van der Waals surface area contributed by atoms with Crippen molar-refractivity contribution >= 4 is 54.0 Å². The molecule has 3 rings (SSSR count). The Morgan fingerprint density at radius 3 is 1.33 bits per heavy atom. The van der Waals surface area contributed by atoms with E-state index in [1.807, 2.05) is 23.6 Å². The number of aromatic nitrogens is 3. The smallest absolute Gasteiger partial charge is 0.349 e. The Morgan fingerprint density at radius 2 is 1.02 bits per heavy atom. The number of esters is 2. The van der Waals surface area contributed by atoms with Crippen LogP contribution in [0.5, 0.6) is 0 Å². The van der Waals surface area contributed by atoms with Crippen molar-refractivity contribution < 1.29 is 28.7 Å². The van der Waals surface area contributed by atoms with Crippen LogP contribution < -0.4 is 5.32 Å². The lowest BCUT2D eigenvalue weighted by atomic mass is 9.72. The van der Waals surface area contributed by atoms with Crippen LogP contribution in [-0.2, 0) is 28.7 Å². The van der Waals surface area contributed by atoms with Gasteiger partial charge >= 0.3 is 11.9 Å². The van der Waals surface area contributed by atoms with Crippen molar-refractivity contribution in [3.8, 4) is 0 Å². The quantitative estimate of drug-likeness (QED) is 0.158. The van der Waals surface area contributed by atoms with Gasteiger partial charge in [-0.2, -0.15) is 15.0 Å². The Labute approximate surface area is 329 Å². The van der Waals surface area contributed by atoms with E-state index >= 15 is 0 Å². The first-order valence-corrected chi connectivity index (χ1v) is 19.6. The van der Waals surface area contributed by atoms with Crippen LogP contribution in [0.3, 0.4) is 0 Å². The molecule has 3 heterocycles. The number of hydrogen-bond donors (Lipinski definition) is 1. The predicted molar refractivity (Wildman–Crippen MR) is 216 cm³/mol. The van der Waals surface area contributed by atoms with Crippen LogP contribution in [0.4, 0.5) is 17.8 Å². The number of ether oxygens (including phenoxy) is 2. The summed E-state index contributed by atoms with van der Waals surface area (Å²) in [5, 5.41) is 3.33. The molecule has 0 bridgehead atoms. The fourth-order valence-electron chi connectivity index (χ4n) is 10.2. The number of rotatable bonds is 13. The number of nitrogens with one attached hydrogen (secondary N) is 1. The molecular weight excluding hydrogens is 701 g/mol. The molecule has 2 fully saturated rings. The summed E-state index contributed by atoms with van der Waals surface area (Å²) in [4.78, 5) is 75.6. The van der Waals surface area contributed by atoms with Crippen LogP contribution in [0.25, 0.3) is 0 Å². The maximum atomic E-state index is 12.7.